The molecule has 1 unspecified atom stereocenters. The molecule has 0 saturated carbocycles. The lowest BCUT2D eigenvalue weighted by molar-refractivity contribution is 0.0948. The van der Waals surface area contributed by atoms with E-state index in [-0.39, 0.29) is 11.7 Å². The van der Waals surface area contributed by atoms with E-state index in [1.807, 2.05) is 0 Å². The minimum absolute atomic E-state index is 0.106. The number of rotatable bonds is 4. The van der Waals surface area contributed by atoms with E-state index in [2.05, 4.69) is 10.3 Å². The number of sulfone groups is 1. The Morgan fingerprint density at radius 2 is 2.25 bits per heavy atom. The third-order valence-corrected chi connectivity index (χ3v) is 4.93. The molecule has 0 aliphatic heterocycles. The lowest BCUT2D eigenvalue weighted by Crippen LogP contribution is -2.37. The van der Waals surface area contributed by atoms with Gasteiger partial charge in [0.2, 0.25) is 0 Å². The van der Waals surface area contributed by atoms with E-state index in [0.29, 0.717) is 10.6 Å². The van der Waals surface area contributed by atoms with Gasteiger partial charge >= 0.3 is 0 Å². The summed E-state index contributed by atoms with van der Waals surface area (Å²) in [6.45, 7) is 1.64. The average molecular weight is 313 g/mol. The van der Waals surface area contributed by atoms with Crippen molar-refractivity contribution < 1.29 is 13.2 Å². The molecule has 20 heavy (non-hydrogen) atoms. The highest BCUT2D eigenvalue weighted by molar-refractivity contribution is 7.90. The highest BCUT2D eigenvalue weighted by Crippen LogP contribution is 2.32. The first-order valence-corrected chi connectivity index (χ1v) is 8.76. The van der Waals surface area contributed by atoms with Crippen LogP contribution in [-0.2, 0) is 9.84 Å². The average Bonchev–Trinajstić information content (AvgIpc) is 2.65. The summed E-state index contributed by atoms with van der Waals surface area (Å²) in [5.74, 6) is -0.467. The van der Waals surface area contributed by atoms with E-state index in [4.69, 9.17) is 5.73 Å². The van der Waals surface area contributed by atoms with Crippen LogP contribution in [0.4, 0.5) is 5.69 Å². The zero-order valence-corrected chi connectivity index (χ0v) is 12.7. The number of carbonyl (C=O) groups excluding carboxylic acids is 1. The number of fused-ring (bicyclic) bond motifs is 1. The second-order valence-corrected chi connectivity index (χ2v) is 7.92. The van der Waals surface area contributed by atoms with Crippen molar-refractivity contribution in [2.75, 3.05) is 17.7 Å². The van der Waals surface area contributed by atoms with E-state index in [0.717, 1.165) is 16.3 Å². The van der Waals surface area contributed by atoms with Crippen LogP contribution in [0.2, 0.25) is 0 Å². The van der Waals surface area contributed by atoms with Gasteiger partial charge < -0.3 is 11.1 Å². The van der Waals surface area contributed by atoms with Gasteiger partial charge in [-0.3, -0.25) is 9.78 Å². The first-order valence-electron chi connectivity index (χ1n) is 5.88. The molecule has 0 fully saturated rings. The summed E-state index contributed by atoms with van der Waals surface area (Å²) < 4.78 is 23.2. The molecule has 1 amide bonds. The fourth-order valence-electron chi connectivity index (χ4n) is 1.92. The second-order valence-electron chi connectivity index (χ2n) is 4.68. The summed E-state index contributed by atoms with van der Waals surface area (Å²) in [5, 5.41) is 3.43. The van der Waals surface area contributed by atoms with Gasteiger partial charge in [-0.15, -0.1) is 11.3 Å². The molecule has 2 aromatic heterocycles. The second kappa shape index (κ2) is 5.37. The molecule has 2 aromatic rings. The first-order chi connectivity index (χ1) is 9.28. The molecule has 0 bridgehead atoms. The van der Waals surface area contributed by atoms with E-state index in [9.17, 15) is 13.2 Å². The number of thiophene rings is 1. The predicted octanol–water partition coefficient (Wildman–Crippen LogP) is 1.04. The molecular weight excluding hydrogens is 298 g/mol. The van der Waals surface area contributed by atoms with Crippen molar-refractivity contribution >= 4 is 42.9 Å². The molecule has 0 aliphatic carbocycles. The highest BCUT2D eigenvalue weighted by Gasteiger charge is 2.19. The van der Waals surface area contributed by atoms with Crippen molar-refractivity contribution in [3.63, 3.8) is 0 Å². The third kappa shape index (κ3) is 3.26. The molecular formula is C12H15N3O3S2. The smallest absolute Gasteiger partial charge is 0.263 e. The lowest BCUT2D eigenvalue weighted by Gasteiger charge is -2.12. The van der Waals surface area contributed by atoms with Crippen LogP contribution in [0.25, 0.3) is 10.1 Å². The molecule has 0 aliphatic rings. The Bertz CT molecular complexity index is 752. The van der Waals surface area contributed by atoms with Crippen LogP contribution in [0.15, 0.2) is 18.5 Å². The number of nitrogens with zero attached hydrogens (tertiary/aromatic N) is 1. The van der Waals surface area contributed by atoms with E-state index in [1.54, 1.807) is 25.4 Å². The van der Waals surface area contributed by atoms with Crippen LogP contribution in [-0.4, -0.2) is 37.4 Å². The zero-order chi connectivity index (χ0) is 14.9. The number of hydrogen-bond acceptors (Lipinski definition) is 6. The number of nitrogen functional groups attached to an aromatic ring is 1. The summed E-state index contributed by atoms with van der Waals surface area (Å²) in [4.78, 5) is 16.5. The fourth-order valence-corrected chi connectivity index (χ4v) is 3.91. The molecule has 8 heteroatoms. The third-order valence-electron chi connectivity index (χ3n) is 2.67. The molecule has 3 N–H and O–H groups in total. The van der Waals surface area contributed by atoms with Crippen LogP contribution >= 0.6 is 11.3 Å². The maximum absolute atomic E-state index is 12.1. The van der Waals surface area contributed by atoms with Gasteiger partial charge in [0.15, 0.2) is 0 Å². The molecule has 0 radical (unpaired) electrons. The Labute approximate surface area is 120 Å². The molecule has 2 heterocycles. The monoisotopic (exact) mass is 313 g/mol. The van der Waals surface area contributed by atoms with Gasteiger partial charge in [-0.05, 0) is 13.0 Å². The van der Waals surface area contributed by atoms with Crippen LogP contribution in [0.5, 0.6) is 0 Å². The van der Waals surface area contributed by atoms with E-state index in [1.165, 1.54) is 11.3 Å². The highest BCUT2D eigenvalue weighted by atomic mass is 32.2. The summed E-state index contributed by atoms with van der Waals surface area (Å²) >= 11 is 1.24. The Morgan fingerprint density at radius 3 is 2.85 bits per heavy atom. The lowest BCUT2D eigenvalue weighted by atomic mass is 10.2. The largest absolute Gasteiger partial charge is 0.397 e. The van der Waals surface area contributed by atoms with Gasteiger partial charge in [0, 0.05) is 30.1 Å². The molecule has 2 rings (SSSR count). The summed E-state index contributed by atoms with van der Waals surface area (Å²) in [6, 6.07) is 1.28. The maximum atomic E-state index is 12.1. The topological polar surface area (TPSA) is 102 Å². The molecule has 0 spiro atoms. The number of carbonyl (C=O) groups is 1. The Hall–Kier alpha value is -1.67. The quantitative estimate of drug-likeness (QED) is 0.878. The number of hydrogen-bond donors (Lipinski definition) is 2. The standard InChI is InChI=1S/C12H15N3O3S2/c1-7(6-20(2,17)18)15-12(16)11-10(13)8-3-4-14-5-9(8)19-11/h3-5,7H,6,13H2,1-2H3,(H,15,16). The van der Waals surface area contributed by atoms with Gasteiger partial charge in [-0.1, -0.05) is 0 Å². The van der Waals surface area contributed by atoms with Crippen molar-refractivity contribution in [1.82, 2.24) is 10.3 Å². The SMILES string of the molecule is CC(CS(C)(=O)=O)NC(=O)c1sc2cnccc2c1N. The number of amides is 1. The molecule has 0 aromatic carbocycles. The van der Waals surface area contributed by atoms with E-state index >= 15 is 0 Å². The number of nitrogens with two attached hydrogens (primary N) is 1. The van der Waals surface area contributed by atoms with Gasteiger partial charge in [-0.2, -0.15) is 0 Å². The van der Waals surface area contributed by atoms with Gasteiger partial charge in [0.1, 0.15) is 14.7 Å². The Morgan fingerprint density at radius 1 is 1.55 bits per heavy atom. The predicted molar refractivity (Wildman–Crippen MR) is 80.7 cm³/mol. The van der Waals surface area contributed by atoms with Crippen molar-refractivity contribution in [2.24, 2.45) is 0 Å². The normalized spacial score (nSPS) is 13.3. The van der Waals surface area contributed by atoms with Gasteiger partial charge in [-0.25, -0.2) is 8.42 Å². The first kappa shape index (κ1) is 14.7. The molecule has 108 valence electrons. The zero-order valence-electron chi connectivity index (χ0n) is 11.1. The van der Waals surface area contributed by atoms with Crippen molar-refractivity contribution in [2.45, 2.75) is 13.0 Å². The minimum atomic E-state index is -3.14. The fraction of sp³-hybridized carbons (Fsp3) is 0.333. The maximum Gasteiger partial charge on any atom is 0.263 e. The van der Waals surface area contributed by atoms with E-state index < -0.39 is 15.9 Å². The van der Waals surface area contributed by atoms with Crippen LogP contribution in [0.1, 0.15) is 16.6 Å². The summed E-state index contributed by atoms with van der Waals surface area (Å²) in [5.41, 5.74) is 6.35. The van der Waals surface area contributed by atoms with Crippen LogP contribution in [0.3, 0.4) is 0 Å². The molecule has 6 nitrogen and oxygen atoms in total. The van der Waals surface area contributed by atoms with Crippen LogP contribution < -0.4 is 11.1 Å². The number of aromatic nitrogens is 1. The molecule has 1 atom stereocenters. The number of nitrogens with one attached hydrogen (secondary N) is 1. The van der Waals surface area contributed by atoms with Crippen molar-refractivity contribution in [1.29, 1.82) is 0 Å². The Kier molecular flexibility index (Phi) is 3.96. The Balaban J connectivity index is 2.22. The molecule has 0 saturated heterocycles. The minimum Gasteiger partial charge on any atom is -0.397 e. The summed E-state index contributed by atoms with van der Waals surface area (Å²) in [6.07, 6.45) is 4.39. The summed E-state index contributed by atoms with van der Waals surface area (Å²) in [7, 11) is -3.14. The number of pyridine rings is 1. The van der Waals surface area contributed by atoms with Gasteiger partial charge in [0.05, 0.1) is 16.1 Å². The van der Waals surface area contributed by atoms with Crippen LogP contribution in [0, 0.1) is 0 Å². The van der Waals surface area contributed by atoms with Gasteiger partial charge in [0.25, 0.3) is 5.91 Å². The number of anilines is 1. The van der Waals surface area contributed by atoms with Crippen molar-refractivity contribution in [3.8, 4) is 0 Å². The van der Waals surface area contributed by atoms with Crippen molar-refractivity contribution in [3.05, 3.63) is 23.3 Å².